The van der Waals surface area contributed by atoms with Crippen molar-refractivity contribution in [1.29, 1.82) is 0 Å². The number of carbonyl (C=O) groups is 1. The zero-order valence-electron chi connectivity index (χ0n) is 14.3. The Morgan fingerprint density at radius 1 is 1.30 bits per heavy atom. The smallest absolute Gasteiger partial charge is 0.279 e. The summed E-state index contributed by atoms with van der Waals surface area (Å²) < 4.78 is 27.7. The Bertz CT molecular complexity index is 1250. The maximum absolute atomic E-state index is 12.7. The summed E-state index contributed by atoms with van der Waals surface area (Å²) in [5, 5.41) is 0. The number of hydrogen-bond donors (Lipinski definition) is 0. The molecule has 0 aliphatic heterocycles. The fourth-order valence-electron chi connectivity index (χ4n) is 2.52. The molecule has 0 bridgehead atoms. The van der Waals surface area contributed by atoms with E-state index in [-0.39, 0.29) is 22.8 Å². The van der Waals surface area contributed by atoms with Crippen LogP contribution in [-0.2, 0) is 16.4 Å². The van der Waals surface area contributed by atoms with Crippen LogP contribution in [0, 0.1) is 12.3 Å². The number of nitrogens with zero attached hydrogens (tertiary/aromatic N) is 2. The average Bonchev–Trinajstić information content (AvgIpc) is 2.98. The second kappa shape index (κ2) is 7.80. The van der Waals surface area contributed by atoms with Crippen LogP contribution in [0.15, 0.2) is 56.8 Å². The monoisotopic (exact) mass is 462 g/mol. The first-order valence-corrected chi connectivity index (χ1v) is 11.3. The Hall–Kier alpha value is -2.21. The summed E-state index contributed by atoms with van der Waals surface area (Å²) in [6.07, 6.45) is 5.47. The molecular weight excluding hydrogens is 448 g/mol. The van der Waals surface area contributed by atoms with Gasteiger partial charge in [-0.05, 0) is 36.4 Å². The number of aromatic nitrogens is 1. The molecule has 0 fully saturated rings. The largest absolute Gasteiger partial charge is 0.305 e. The Morgan fingerprint density at radius 2 is 2.07 bits per heavy atom. The minimum atomic E-state index is -3.40. The highest BCUT2D eigenvalue weighted by Gasteiger charge is 2.15. The van der Waals surface area contributed by atoms with Crippen LogP contribution in [0.5, 0.6) is 0 Å². The number of benzene rings is 2. The predicted molar refractivity (Wildman–Crippen MR) is 110 cm³/mol. The third-order valence-corrected chi connectivity index (χ3v) is 7.18. The van der Waals surface area contributed by atoms with Crippen LogP contribution < -0.4 is 4.80 Å². The molecule has 138 valence electrons. The molecule has 0 spiro atoms. The molecule has 1 heterocycles. The number of halogens is 1. The second-order valence-electron chi connectivity index (χ2n) is 5.64. The van der Waals surface area contributed by atoms with Gasteiger partial charge in [0, 0.05) is 10.0 Å². The van der Waals surface area contributed by atoms with Crippen molar-refractivity contribution in [2.24, 2.45) is 4.99 Å². The lowest BCUT2D eigenvalue weighted by Crippen LogP contribution is -2.16. The topological polar surface area (TPSA) is 68.5 Å². The second-order valence-corrected chi connectivity index (χ2v) is 9.84. The number of rotatable bonds is 4. The minimum Gasteiger partial charge on any atom is -0.305 e. The van der Waals surface area contributed by atoms with E-state index in [9.17, 15) is 13.2 Å². The lowest BCUT2D eigenvalue weighted by atomic mass is 10.2. The van der Waals surface area contributed by atoms with Gasteiger partial charge in [-0.25, -0.2) is 8.42 Å². The highest BCUT2D eigenvalue weighted by molar-refractivity contribution is 9.10. The van der Waals surface area contributed by atoms with E-state index < -0.39 is 15.7 Å². The number of terminal acetylenes is 1. The first-order valence-electron chi connectivity index (χ1n) is 8.00. The molecule has 3 aromatic rings. The maximum atomic E-state index is 12.7. The Kier molecular flexibility index (Phi) is 5.65. The first-order chi connectivity index (χ1) is 12.9. The molecule has 5 nitrogen and oxygen atoms in total. The summed E-state index contributed by atoms with van der Waals surface area (Å²) in [6, 6.07) is 11.7. The summed E-state index contributed by atoms with van der Waals surface area (Å²) in [6.45, 7) is 1.84. The number of hydrogen-bond acceptors (Lipinski definition) is 4. The lowest BCUT2D eigenvalue weighted by Gasteiger charge is -2.03. The van der Waals surface area contributed by atoms with E-state index >= 15 is 0 Å². The predicted octanol–water partition coefficient (Wildman–Crippen LogP) is 3.63. The molecule has 0 atom stereocenters. The summed E-state index contributed by atoms with van der Waals surface area (Å²) in [5.74, 6) is 2.03. The minimum absolute atomic E-state index is 0.0326. The van der Waals surface area contributed by atoms with Crippen LogP contribution in [0.1, 0.15) is 17.3 Å². The van der Waals surface area contributed by atoms with Crippen LogP contribution in [0.2, 0.25) is 0 Å². The molecule has 2 aromatic carbocycles. The number of amides is 1. The van der Waals surface area contributed by atoms with Crippen molar-refractivity contribution in [2.45, 2.75) is 18.4 Å². The van der Waals surface area contributed by atoms with Crippen LogP contribution in [0.25, 0.3) is 10.2 Å². The van der Waals surface area contributed by atoms with Crippen molar-refractivity contribution in [1.82, 2.24) is 4.57 Å². The zero-order chi connectivity index (χ0) is 19.6. The van der Waals surface area contributed by atoms with Gasteiger partial charge in [-0.2, -0.15) is 4.99 Å². The van der Waals surface area contributed by atoms with Crippen molar-refractivity contribution < 1.29 is 13.2 Å². The molecule has 0 saturated carbocycles. The van der Waals surface area contributed by atoms with E-state index in [1.54, 1.807) is 23.6 Å². The van der Waals surface area contributed by atoms with Crippen LogP contribution in [-0.4, -0.2) is 24.6 Å². The molecule has 0 aliphatic rings. The van der Waals surface area contributed by atoms with Crippen LogP contribution in [0.3, 0.4) is 0 Å². The fourth-order valence-corrected chi connectivity index (χ4v) is 5.02. The van der Waals surface area contributed by atoms with E-state index in [0.29, 0.717) is 4.80 Å². The van der Waals surface area contributed by atoms with Crippen LogP contribution in [0.4, 0.5) is 0 Å². The van der Waals surface area contributed by atoms with E-state index in [1.807, 2.05) is 18.2 Å². The van der Waals surface area contributed by atoms with Crippen molar-refractivity contribution in [3.8, 4) is 12.3 Å². The van der Waals surface area contributed by atoms with Gasteiger partial charge in [0.05, 0.1) is 27.4 Å². The van der Waals surface area contributed by atoms with Crippen LogP contribution >= 0.6 is 27.3 Å². The third kappa shape index (κ3) is 4.05. The molecule has 27 heavy (non-hydrogen) atoms. The van der Waals surface area contributed by atoms with Crippen molar-refractivity contribution in [3.05, 3.63) is 57.3 Å². The number of carbonyl (C=O) groups excluding carboxylic acids is 1. The first kappa shape index (κ1) is 19.5. The van der Waals surface area contributed by atoms with Crippen molar-refractivity contribution >= 4 is 53.2 Å². The van der Waals surface area contributed by atoms with E-state index in [4.69, 9.17) is 6.42 Å². The van der Waals surface area contributed by atoms with Gasteiger partial charge in [-0.1, -0.05) is 46.2 Å². The van der Waals surface area contributed by atoms with E-state index in [0.717, 1.165) is 14.7 Å². The van der Waals surface area contributed by atoms with Gasteiger partial charge in [-0.3, -0.25) is 4.79 Å². The quantitative estimate of drug-likeness (QED) is 0.555. The molecule has 0 saturated heterocycles. The van der Waals surface area contributed by atoms with Gasteiger partial charge < -0.3 is 4.57 Å². The molecule has 1 aromatic heterocycles. The number of fused-ring (bicyclic) bond motifs is 1. The van der Waals surface area contributed by atoms with Crippen molar-refractivity contribution in [3.63, 3.8) is 0 Å². The Morgan fingerprint density at radius 3 is 2.78 bits per heavy atom. The molecule has 0 N–H and O–H groups in total. The highest BCUT2D eigenvalue weighted by atomic mass is 79.9. The van der Waals surface area contributed by atoms with Crippen molar-refractivity contribution in [2.75, 3.05) is 5.75 Å². The normalized spacial score (nSPS) is 12.3. The summed E-state index contributed by atoms with van der Waals surface area (Å²) in [5.41, 5.74) is 1.10. The summed E-state index contributed by atoms with van der Waals surface area (Å²) in [7, 11) is -3.40. The number of sulfone groups is 1. The molecule has 0 aliphatic carbocycles. The summed E-state index contributed by atoms with van der Waals surface area (Å²) >= 11 is 4.78. The Labute approximate surface area is 169 Å². The highest BCUT2D eigenvalue weighted by Crippen LogP contribution is 2.22. The third-order valence-electron chi connectivity index (χ3n) is 3.91. The van der Waals surface area contributed by atoms with Gasteiger partial charge in [0.1, 0.15) is 0 Å². The van der Waals surface area contributed by atoms with Gasteiger partial charge >= 0.3 is 0 Å². The van der Waals surface area contributed by atoms with Gasteiger partial charge in [0.15, 0.2) is 14.6 Å². The molecule has 1 amide bonds. The Balaban J connectivity index is 2.12. The zero-order valence-corrected chi connectivity index (χ0v) is 17.6. The van der Waals surface area contributed by atoms with E-state index in [1.165, 1.54) is 23.5 Å². The van der Waals surface area contributed by atoms with Gasteiger partial charge in [-0.15, -0.1) is 6.42 Å². The van der Waals surface area contributed by atoms with Gasteiger partial charge in [0.25, 0.3) is 5.91 Å². The standard InChI is InChI=1S/C19H15BrN2O3S2/c1-3-10-22-16-9-8-14(20)12-17(16)26-19(22)21-18(23)13-6-5-7-15(11-13)27(24,25)4-2/h1,5-9,11-12H,4,10H2,2H3. The summed E-state index contributed by atoms with van der Waals surface area (Å²) in [4.78, 5) is 17.4. The van der Waals surface area contributed by atoms with Gasteiger partial charge in [0.2, 0.25) is 0 Å². The maximum Gasteiger partial charge on any atom is 0.279 e. The fraction of sp³-hybridized carbons (Fsp3) is 0.158. The SMILES string of the molecule is C#CCn1c(=NC(=O)c2cccc(S(=O)(=O)CC)c2)sc2cc(Br)ccc21. The molecule has 8 heteroatoms. The average molecular weight is 463 g/mol. The molecule has 0 radical (unpaired) electrons. The van der Waals surface area contributed by atoms with E-state index in [2.05, 4.69) is 26.8 Å². The molecule has 0 unspecified atom stereocenters. The lowest BCUT2D eigenvalue weighted by molar-refractivity contribution is 0.0997. The molecule has 3 rings (SSSR count). The number of thiazole rings is 1. The molecular formula is C19H15BrN2O3S2.